The molecular formula is C17H13BrN2O3S. The van der Waals surface area contributed by atoms with Crippen LogP contribution in [0.4, 0.5) is 0 Å². The number of aromatic nitrogens is 2. The van der Waals surface area contributed by atoms with Crippen LogP contribution in [0.5, 0.6) is 0 Å². The van der Waals surface area contributed by atoms with E-state index in [2.05, 4.69) is 26.1 Å². The van der Waals surface area contributed by atoms with E-state index in [1.807, 2.05) is 54.6 Å². The van der Waals surface area contributed by atoms with E-state index in [4.69, 9.17) is 9.15 Å². The Labute approximate surface area is 151 Å². The average Bonchev–Trinajstić information content (AvgIpc) is 3.08. The van der Waals surface area contributed by atoms with Gasteiger partial charge in [-0.1, -0.05) is 54.2 Å². The normalized spacial score (nSPS) is 10.5. The zero-order valence-electron chi connectivity index (χ0n) is 12.5. The lowest BCUT2D eigenvalue weighted by atomic mass is 10.2. The molecular weight excluding hydrogens is 392 g/mol. The SMILES string of the molecule is O=C(CSc1nnc(-c2ccccc2Br)o1)OCc1ccccc1. The van der Waals surface area contributed by atoms with E-state index in [1.165, 1.54) is 0 Å². The number of rotatable bonds is 6. The summed E-state index contributed by atoms with van der Waals surface area (Å²) >= 11 is 4.59. The summed E-state index contributed by atoms with van der Waals surface area (Å²) < 4.78 is 11.6. The second-order valence-corrected chi connectivity index (χ2v) is 6.57. The summed E-state index contributed by atoms with van der Waals surface area (Å²) in [7, 11) is 0. The van der Waals surface area contributed by atoms with E-state index in [1.54, 1.807) is 0 Å². The molecule has 0 amide bonds. The first kappa shape index (κ1) is 16.7. The van der Waals surface area contributed by atoms with Gasteiger partial charge < -0.3 is 9.15 Å². The van der Waals surface area contributed by atoms with Crippen molar-refractivity contribution in [1.82, 2.24) is 10.2 Å². The Morgan fingerprint density at radius 1 is 1.08 bits per heavy atom. The molecule has 0 spiro atoms. The second kappa shape index (κ2) is 8.12. The molecule has 122 valence electrons. The molecule has 0 aliphatic rings. The quantitative estimate of drug-likeness (QED) is 0.449. The van der Waals surface area contributed by atoms with Gasteiger partial charge in [0.1, 0.15) is 12.4 Å². The maximum atomic E-state index is 11.8. The van der Waals surface area contributed by atoms with Gasteiger partial charge >= 0.3 is 5.97 Å². The summed E-state index contributed by atoms with van der Waals surface area (Å²) in [4.78, 5) is 11.8. The fourth-order valence-electron chi connectivity index (χ4n) is 1.91. The van der Waals surface area contributed by atoms with Crippen LogP contribution in [0.1, 0.15) is 5.56 Å². The Hall–Kier alpha value is -2.12. The third kappa shape index (κ3) is 4.46. The lowest BCUT2D eigenvalue weighted by Crippen LogP contribution is -2.07. The van der Waals surface area contributed by atoms with E-state index in [0.717, 1.165) is 27.4 Å². The fourth-order valence-corrected chi connectivity index (χ4v) is 2.93. The van der Waals surface area contributed by atoms with Gasteiger partial charge in [0, 0.05) is 4.47 Å². The molecule has 3 aromatic rings. The summed E-state index contributed by atoms with van der Waals surface area (Å²) in [6.45, 7) is 0.256. The van der Waals surface area contributed by atoms with Gasteiger partial charge in [0.05, 0.1) is 5.56 Å². The van der Waals surface area contributed by atoms with E-state index in [-0.39, 0.29) is 18.3 Å². The van der Waals surface area contributed by atoms with Crippen molar-refractivity contribution >= 4 is 33.7 Å². The summed E-state index contributed by atoms with van der Waals surface area (Å²) in [5.41, 5.74) is 1.76. The Morgan fingerprint density at radius 2 is 1.83 bits per heavy atom. The predicted molar refractivity (Wildman–Crippen MR) is 94.4 cm³/mol. The van der Waals surface area contributed by atoms with Gasteiger partial charge in [-0.25, -0.2) is 0 Å². The smallest absolute Gasteiger partial charge is 0.316 e. The Kier molecular flexibility index (Phi) is 5.66. The van der Waals surface area contributed by atoms with Crippen LogP contribution in [0, 0.1) is 0 Å². The van der Waals surface area contributed by atoms with E-state index >= 15 is 0 Å². The minimum atomic E-state index is -0.329. The maximum absolute atomic E-state index is 11.8. The second-order valence-electron chi connectivity index (χ2n) is 4.79. The number of thioether (sulfide) groups is 1. The first-order valence-electron chi connectivity index (χ1n) is 7.13. The number of benzene rings is 2. The average molecular weight is 405 g/mol. The van der Waals surface area contributed by atoms with Crippen molar-refractivity contribution < 1.29 is 13.9 Å². The molecule has 0 aliphatic carbocycles. The van der Waals surface area contributed by atoms with E-state index in [9.17, 15) is 4.79 Å². The van der Waals surface area contributed by atoms with Gasteiger partial charge in [-0.05, 0) is 33.6 Å². The number of nitrogens with zero attached hydrogens (tertiary/aromatic N) is 2. The third-order valence-electron chi connectivity index (χ3n) is 3.07. The van der Waals surface area contributed by atoms with Crippen LogP contribution in [-0.2, 0) is 16.1 Å². The van der Waals surface area contributed by atoms with Crippen LogP contribution in [0.3, 0.4) is 0 Å². The molecule has 1 aromatic heterocycles. The molecule has 0 radical (unpaired) electrons. The molecule has 0 aliphatic heterocycles. The van der Waals surface area contributed by atoms with Gasteiger partial charge in [-0.2, -0.15) is 0 Å². The van der Waals surface area contributed by atoms with Crippen LogP contribution in [0.2, 0.25) is 0 Å². The van der Waals surface area contributed by atoms with E-state index in [0.29, 0.717) is 11.1 Å². The van der Waals surface area contributed by atoms with Gasteiger partial charge in [0.2, 0.25) is 5.89 Å². The lowest BCUT2D eigenvalue weighted by molar-refractivity contribution is -0.141. The largest absolute Gasteiger partial charge is 0.460 e. The number of ether oxygens (including phenoxy) is 1. The van der Waals surface area contributed by atoms with E-state index < -0.39 is 0 Å². The molecule has 24 heavy (non-hydrogen) atoms. The summed E-state index contributed by atoms with van der Waals surface area (Å²) in [5, 5.41) is 8.27. The van der Waals surface area contributed by atoms with Crippen LogP contribution in [0.25, 0.3) is 11.5 Å². The number of hydrogen-bond donors (Lipinski definition) is 0. The highest BCUT2D eigenvalue weighted by Gasteiger charge is 2.13. The van der Waals surface area contributed by atoms with Gasteiger partial charge in [0.15, 0.2) is 0 Å². The molecule has 7 heteroatoms. The molecule has 0 atom stereocenters. The Bertz CT molecular complexity index is 823. The molecule has 0 unspecified atom stereocenters. The maximum Gasteiger partial charge on any atom is 0.316 e. The predicted octanol–water partition coefficient (Wildman–Crippen LogP) is 4.33. The van der Waals surface area contributed by atoms with Crippen LogP contribution >= 0.6 is 27.7 Å². The summed E-state index contributed by atoms with van der Waals surface area (Å²) in [6, 6.07) is 17.1. The molecule has 0 N–H and O–H groups in total. The molecule has 0 bridgehead atoms. The Balaban J connectivity index is 1.52. The zero-order valence-corrected chi connectivity index (χ0v) is 14.9. The highest BCUT2D eigenvalue weighted by Crippen LogP contribution is 2.28. The van der Waals surface area contributed by atoms with Crippen molar-refractivity contribution in [2.45, 2.75) is 11.8 Å². The molecule has 5 nitrogen and oxygen atoms in total. The van der Waals surface area contributed by atoms with Gasteiger partial charge in [-0.3, -0.25) is 4.79 Å². The standard InChI is InChI=1S/C17H13BrN2O3S/c18-14-9-5-4-8-13(14)16-19-20-17(23-16)24-11-15(21)22-10-12-6-2-1-3-7-12/h1-9H,10-11H2. The number of carbonyl (C=O) groups is 1. The molecule has 1 heterocycles. The summed E-state index contributed by atoms with van der Waals surface area (Å²) in [6.07, 6.45) is 0. The topological polar surface area (TPSA) is 65.2 Å². The number of carbonyl (C=O) groups excluding carboxylic acids is 1. The monoisotopic (exact) mass is 404 g/mol. The number of hydrogen-bond acceptors (Lipinski definition) is 6. The first-order chi connectivity index (χ1) is 11.7. The van der Waals surface area contributed by atoms with Crippen molar-refractivity contribution in [3.8, 4) is 11.5 Å². The fraction of sp³-hybridized carbons (Fsp3) is 0.118. The number of halogens is 1. The lowest BCUT2D eigenvalue weighted by Gasteiger charge is -2.03. The highest BCUT2D eigenvalue weighted by molar-refractivity contribution is 9.10. The van der Waals surface area contributed by atoms with Crippen molar-refractivity contribution in [3.05, 3.63) is 64.6 Å². The molecule has 0 saturated heterocycles. The van der Waals surface area contributed by atoms with Crippen molar-refractivity contribution in [2.75, 3.05) is 5.75 Å². The van der Waals surface area contributed by atoms with Gasteiger partial charge in [0.25, 0.3) is 5.22 Å². The van der Waals surface area contributed by atoms with Crippen LogP contribution in [0.15, 0.2) is 68.7 Å². The number of esters is 1. The molecule has 0 fully saturated rings. The van der Waals surface area contributed by atoms with Crippen molar-refractivity contribution in [3.63, 3.8) is 0 Å². The third-order valence-corrected chi connectivity index (χ3v) is 4.55. The van der Waals surface area contributed by atoms with Crippen molar-refractivity contribution in [1.29, 1.82) is 0 Å². The van der Waals surface area contributed by atoms with Crippen LogP contribution in [-0.4, -0.2) is 21.9 Å². The molecule has 2 aromatic carbocycles. The molecule has 0 saturated carbocycles. The highest BCUT2D eigenvalue weighted by atomic mass is 79.9. The molecule has 3 rings (SSSR count). The minimum absolute atomic E-state index is 0.116. The van der Waals surface area contributed by atoms with Crippen LogP contribution < -0.4 is 0 Å². The van der Waals surface area contributed by atoms with Crippen molar-refractivity contribution in [2.24, 2.45) is 0 Å². The van der Waals surface area contributed by atoms with Gasteiger partial charge in [-0.15, -0.1) is 10.2 Å². The first-order valence-corrected chi connectivity index (χ1v) is 8.91. The zero-order chi connectivity index (χ0) is 16.8. The Morgan fingerprint density at radius 3 is 2.62 bits per heavy atom. The minimum Gasteiger partial charge on any atom is -0.460 e. The summed E-state index contributed by atoms with van der Waals surface area (Å²) in [5.74, 6) is 0.192.